The number of oxazole rings is 1. The van der Waals surface area contributed by atoms with Crippen LogP contribution in [0.2, 0.25) is 0 Å². The zero-order chi connectivity index (χ0) is 24.7. The van der Waals surface area contributed by atoms with Gasteiger partial charge in [0.15, 0.2) is 5.58 Å². The van der Waals surface area contributed by atoms with E-state index in [4.69, 9.17) is 4.42 Å². The Bertz CT molecular complexity index is 1450. The van der Waals surface area contributed by atoms with E-state index in [2.05, 4.69) is 29.2 Å². The maximum absolute atomic E-state index is 13.6. The Morgan fingerprint density at radius 2 is 1.53 bits per heavy atom. The summed E-state index contributed by atoms with van der Waals surface area (Å²) in [7, 11) is 0. The van der Waals surface area contributed by atoms with Gasteiger partial charge in [0.05, 0.1) is 0 Å². The van der Waals surface area contributed by atoms with Crippen molar-refractivity contribution in [3.8, 4) is 0 Å². The van der Waals surface area contributed by atoms with Gasteiger partial charge in [-0.2, -0.15) is 0 Å². The van der Waals surface area contributed by atoms with Crippen LogP contribution in [0.3, 0.4) is 0 Å². The summed E-state index contributed by atoms with van der Waals surface area (Å²) in [6.45, 7) is 3.26. The average Bonchev–Trinajstić information content (AvgIpc) is 3.35. The highest BCUT2D eigenvalue weighted by Gasteiger charge is 2.17. The molecule has 5 aromatic rings. The van der Waals surface area contributed by atoms with Gasteiger partial charge in [-0.25, -0.2) is 4.98 Å². The fourth-order valence-corrected chi connectivity index (χ4v) is 4.99. The number of carbonyl (C=O) groups excluding carboxylic acids is 1. The van der Waals surface area contributed by atoms with E-state index >= 15 is 0 Å². The molecule has 1 aromatic heterocycles. The van der Waals surface area contributed by atoms with E-state index in [1.165, 1.54) is 5.56 Å². The molecule has 0 unspecified atom stereocenters. The molecule has 0 aliphatic rings. The van der Waals surface area contributed by atoms with Crippen LogP contribution in [0.5, 0.6) is 0 Å². The first-order valence-corrected chi connectivity index (χ1v) is 13.1. The lowest BCUT2D eigenvalue weighted by Gasteiger charge is -2.23. The molecule has 1 amide bonds. The number of fused-ring (bicyclic) bond motifs is 1. The summed E-state index contributed by atoms with van der Waals surface area (Å²) in [6, 6.07) is 34.3. The summed E-state index contributed by atoms with van der Waals surface area (Å²) in [5.74, 6) is 0.717. The van der Waals surface area contributed by atoms with E-state index < -0.39 is 0 Å². The Morgan fingerprint density at radius 3 is 2.28 bits per heavy atom. The molecule has 4 aromatic carbocycles. The van der Waals surface area contributed by atoms with Gasteiger partial charge in [0, 0.05) is 24.4 Å². The Kier molecular flexibility index (Phi) is 7.48. The highest BCUT2D eigenvalue weighted by Crippen LogP contribution is 2.28. The fourth-order valence-electron chi connectivity index (χ4n) is 4.21. The summed E-state index contributed by atoms with van der Waals surface area (Å²) < 4.78 is 5.90. The van der Waals surface area contributed by atoms with Crippen molar-refractivity contribution in [2.24, 2.45) is 0 Å². The molecule has 180 valence electrons. The molecule has 0 N–H and O–H groups in total. The molecule has 1 heterocycles. The van der Waals surface area contributed by atoms with E-state index in [1.54, 1.807) is 11.8 Å². The van der Waals surface area contributed by atoms with Crippen LogP contribution >= 0.6 is 11.8 Å². The quantitative estimate of drug-likeness (QED) is 0.202. The van der Waals surface area contributed by atoms with Crippen LogP contribution in [0.25, 0.3) is 11.1 Å². The second kappa shape index (κ2) is 11.3. The third-order valence-corrected chi connectivity index (χ3v) is 7.05. The second-order valence-electron chi connectivity index (χ2n) is 8.84. The number of amides is 1. The van der Waals surface area contributed by atoms with Gasteiger partial charge in [-0.15, -0.1) is 0 Å². The van der Waals surface area contributed by atoms with Crippen LogP contribution in [0.1, 0.15) is 32.6 Å². The minimum atomic E-state index is 0.0409. The molecule has 0 bridgehead atoms. The highest BCUT2D eigenvalue weighted by molar-refractivity contribution is 7.98. The number of carbonyl (C=O) groups is 1. The Morgan fingerprint density at radius 1 is 0.833 bits per heavy atom. The third kappa shape index (κ3) is 5.86. The standard InChI is InChI=1S/C31H28N2O2S/c1-23-10-8-17-28-29(23)32-31(35-28)36-22-26-15-9-16-27(20-26)30(34)33(21-25-13-6-3-7-14-25)19-18-24-11-4-2-5-12-24/h2-17,20H,18-19,21-22H2,1H3. The molecule has 5 rings (SSSR count). The topological polar surface area (TPSA) is 46.3 Å². The van der Waals surface area contributed by atoms with Crippen LogP contribution in [0.4, 0.5) is 0 Å². The van der Waals surface area contributed by atoms with Crippen molar-refractivity contribution < 1.29 is 9.21 Å². The molecular formula is C31H28N2O2S. The van der Waals surface area contributed by atoms with Crippen molar-refractivity contribution in [1.29, 1.82) is 0 Å². The lowest BCUT2D eigenvalue weighted by atomic mass is 10.1. The Hall–Kier alpha value is -3.83. The van der Waals surface area contributed by atoms with Crippen LogP contribution in [0, 0.1) is 6.92 Å². The van der Waals surface area contributed by atoms with Gasteiger partial charge >= 0.3 is 0 Å². The van der Waals surface area contributed by atoms with Crippen molar-refractivity contribution in [2.45, 2.75) is 30.9 Å². The van der Waals surface area contributed by atoms with Crippen molar-refractivity contribution in [1.82, 2.24) is 9.88 Å². The van der Waals surface area contributed by atoms with E-state index in [9.17, 15) is 4.79 Å². The molecule has 5 heteroatoms. The van der Waals surface area contributed by atoms with Gasteiger partial charge in [-0.05, 0) is 53.8 Å². The minimum absolute atomic E-state index is 0.0409. The number of nitrogens with zero attached hydrogens (tertiary/aromatic N) is 2. The summed E-state index contributed by atoms with van der Waals surface area (Å²) in [6.07, 6.45) is 0.812. The lowest BCUT2D eigenvalue weighted by Crippen LogP contribution is -2.32. The zero-order valence-corrected chi connectivity index (χ0v) is 21.1. The second-order valence-corrected chi connectivity index (χ2v) is 9.76. The fraction of sp³-hybridized carbons (Fsp3) is 0.161. The molecule has 0 fully saturated rings. The van der Waals surface area contributed by atoms with Crippen molar-refractivity contribution in [3.63, 3.8) is 0 Å². The van der Waals surface area contributed by atoms with Crippen molar-refractivity contribution in [3.05, 3.63) is 131 Å². The smallest absolute Gasteiger partial charge is 0.257 e. The summed E-state index contributed by atoms with van der Waals surface area (Å²) in [5, 5.41) is 0.643. The molecule has 0 spiro atoms. The number of hydrogen-bond donors (Lipinski definition) is 0. The number of rotatable bonds is 9. The van der Waals surface area contributed by atoms with Gasteiger partial charge < -0.3 is 9.32 Å². The predicted molar refractivity (Wildman–Crippen MR) is 146 cm³/mol. The number of aryl methyl sites for hydroxylation is 1. The Balaban J connectivity index is 1.31. The normalized spacial score (nSPS) is 11.0. The molecular weight excluding hydrogens is 464 g/mol. The van der Waals surface area contributed by atoms with E-state index in [0.717, 1.165) is 34.2 Å². The molecule has 0 radical (unpaired) electrons. The van der Waals surface area contributed by atoms with Crippen LogP contribution in [-0.2, 0) is 18.7 Å². The molecule has 0 saturated carbocycles. The SMILES string of the molecule is Cc1cccc2oc(SCc3cccc(C(=O)N(CCc4ccccc4)Cc4ccccc4)c3)nc12. The largest absolute Gasteiger partial charge is 0.431 e. The zero-order valence-electron chi connectivity index (χ0n) is 20.3. The van der Waals surface area contributed by atoms with Gasteiger partial charge in [0.2, 0.25) is 0 Å². The summed E-state index contributed by atoms with van der Waals surface area (Å²) >= 11 is 1.54. The summed E-state index contributed by atoms with van der Waals surface area (Å²) in [4.78, 5) is 20.2. The molecule has 36 heavy (non-hydrogen) atoms. The first-order chi connectivity index (χ1) is 17.7. The summed E-state index contributed by atoms with van der Waals surface area (Å²) in [5.41, 5.74) is 6.91. The molecule has 0 saturated heterocycles. The van der Waals surface area contributed by atoms with Crippen LogP contribution in [0.15, 0.2) is 113 Å². The average molecular weight is 493 g/mol. The van der Waals surface area contributed by atoms with E-state index in [-0.39, 0.29) is 5.91 Å². The van der Waals surface area contributed by atoms with Crippen LogP contribution in [-0.4, -0.2) is 22.3 Å². The number of thioether (sulfide) groups is 1. The van der Waals surface area contributed by atoms with Gasteiger partial charge in [-0.3, -0.25) is 4.79 Å². The molecule has 4 nitrogen and oxygen atoms in total. The van der Waals surface area contributed by atoms with E-state index in [1.807, 2.05) is 90.7 Å². The Labute approximate surface area is 216 Å². The lowest BCUT2D eigenvalue weighted by molar-refractivity contribution is 0.0745. The monoisotopic (exact) mass is 492 g/mol. The number of para-hydroxylation sites is 1. The third-order valence-electron chi connectivity index (χ3n) is 6.15. The first-order valence-electron chi connectivity index (χ1n) is 12.1. The van der Waals surface area contributed by atoms with Gasteiger partial charge in [0.1, 0.15) is 5.52 Å². The van der Waals surface area contributed by atoms with E-state index in [0.29, 0.717) is 29.6 Å². The predicted octanol–water partition coefficient (Wildman–Crippen LogP) is 7.31. The molecule has 0 atom stereocenters. The van der Waals surface area contributed by atoms with Crippen LogP contribution < -0.4 is 0 Å². The van der Waals surface area contributed by atoms with Crippen molar-refractivity contribution in [2.75, 3.05) is 6.54 Å². The van der Waals surface area contributed by atoms with Gasteiger partial charge in [0.25, 0.3) is 11.1 Å². The van der Waals surface area contributed by atoms with Gasteiger partial charge in [-0.1, -0.05) is 96.7 Å². The number of hydrogen-bond acceptors (Lipinski definition) is 4. The number of aromatic nitrogens is 1. The maximum Gasteiger partial charge on any atom is 0.257 e. The van der Waals surface area contributed by atoms with Crippen molar-refractivity contribution >= 4 is 28.8 Å². The maximum atomic E-state index is 13.6. The first kappa shape index (κ1) is 23.9. The molecule has 0 aliphatic carbocycles. The minimum Gasteiger partial charge on any atom is -0.431 e. The molecule has 0 aliphatic heterocycles. The highest BCUT2D eigenvalue weighted by atomic mass is 32.2. The number of benzene rings is 4.